The fourth-order valence-corrected chi connectivity index (χ4v) is 3.35. The number of hydrogen-bond acceptors (Lipinski definition) is 3. The summed E-state index contributed by atoms with van der Waals surface area (Å²) >= 11 is 0. The van der Waals surface area contributed by atoms with Crippen molar-refractivity contribution in [1.29, 1.82) is 0 Å². The summed E-state index contributed by atoms with van der Waals surface area (Å²) in [5.41, 5.74) is 6.62. The van der Waals surface area contributed by atoms with Gasteiger partial charge in [-0.15, -0.1) is 0 Å². The van der Waals surface area contributed by atoms with Crippen molar-refractivity contribution in [1.82, 2.24) is 5.32 Å². The van der Waals surface area contributed by atoms with Crippen LogP contribution < -0.4 is 11.1 Å². The zero-order chi connectivity index (χ0) is 11.2. The Bertz CT molecular complexity index is 426. The first-order valence-corrected chi connectivity index (χ1v) is 5.81. The summed E-state index contributed by atoms with van der Waals surface area (Å²) in [4.78, 5) is 11.6. The van der Waals surface area contributed by atoms with Crippen molar-refractivity contribution in [3.63, 3.8) is 0 Å². The van der Waals surface area contributed by atoms with Crippen molar-refractivity contribution in [2.45, 2.75) is 24.7 Å². The summed E-state index contributed by atoms with van der Waals surface area (Å²) in [5, 5.41) is 3.30. The molecule has 4 heteroatoms. The number of hydrogen-bond donors (Lipinski definition) is 2. The predicted molar refractivity (Wildman–Crippen MR) is 58.9 cm³/mol. The van der Waals surface area contributed by atoms with Crippen LogP contribution in [0.25, 0.3) is 0 Å². The molecule has 2 heterocycles. The molecular formula is C12H16N2O2. The van der Waals surface area contributed by atoms with Gasteiger partial charge in [0.1, 0.15) is 5.76 Å². The lowest BCUT2D eigenvalue weighted by molar-refractivity contribution is -0.123. The molecule has 2 aliphatic rings. The molecule has 1 aromatic rings. The number of fused-ring (bicyclic) bond motifs is 2. The first-order chi connectivity index (χ1) is 7.74. The van der Waals surface area contributed by atoms with Gasteiger partial charge < -0.3 is 15.5 Å². The van der Waals surface area contributed by atoms with E-state index in [1.165, 1.54) is 5.56 Å². The Kier molecular flexibility index (Phi) is 2.07. The SMILES string of the molecule is NC(=O)C1CNCC12CCCc1occc12. The van der Waals surface area contributed by atoms with Gasteiger partial charge in [0.2, 0.25) is 5.91 Å². The van der Waals surface area contributed by atoms with Crippen molar-refractivity contribution in [2.75, 3.05) is 13.1 Å². The van der Waals surface area contributed by atoms with E-state index in [-0.39, 0.29) is 17.2 Å². The Hall–Kier alpha value is -1.29. The van der Waals surface area contributed by atoms with Gasteiger partial charge >= 0.3 is 0 Å². The summed E-state index contributed by atoms with van der Waals surface area (Å²) in [7, 11) is 0. The van der Waals surface area contributed by atoms with Crippen LogP contribution >= 0.6 is 0 Å². The Balaban J connectivity index is 2.09. The maximum atomic E-state index is 11.6. The van der Waals surface area contributed by atoms with Crippen LogP contribution in [0.1, 0.15) is 24.2 Å². The lowest BCUT2D eigenvalue weighted by Crippen LogP contribution is -2.44. The highest BCUT2D eigenvalue weighted by atomic mass is 16.3. The predicted octanol–water partition coefficient (Wildman–Crippen LogP) is 0.558. The molecular weight excluding hydrogens is 204 g/mol. The Morgan fingerprint density at radius 1 is 1.62 bits per heavy atom. The van der Waals surface area contributed by atoms with Crippen LogP contribution in [0.3, 0.4) is 0 Å². The van der Waals surface area contributed by atoms with Crippen molar-refractivity contribution in [2.24, 2.45) is 11.7 Å². The average Bonchev–Trinajstić information content (AvgIpc) is 2.85. The number of carbonyl (C=O) groups is 1. The molecule has 2 atom stereocenters. The third-order valence-electron chi connectivity index (χ3n) is 4.11. The van der Waals surface area contributed by atoms with Gasteiger partial charge in [0.15, 0.2) is 0 Å². The molecule has 0 bridgehead atoms. The Morgan fingerprint density at radius 3 is 3.31 bits per heavy atom. The standard InChI is InChI=1S/C12H16N2O2/c13-11(15)9-6-14-7-12(9)4-1-2-10-8(12)3-5-16-10/h3,5,9,14H,1-2,4,6-7H2,(H2,13,15). The van der Waals surface area contributed by atoms with E-state index in [4.69, 9.17) is 10.2 Å². The third-order valence-corrected chi connectivity index (χ3v) is 4.11. The van der Waals surface area contributed by atoms with Crippen LogP contribution in [0.15, 0.2) is 16.7 Å². The molecule has 3 N–H and O–H groups in total. The molecule has 1 saturated heterocycles. The fourth-order valence-electron chi connectivity index (χ4n) is 3.35. The lowest BCUT2D eigenvalue weighted by Gasteiger charge is -2.36. The molecule has 1 aromatic heterocycles. The smallest absolute Gasteiger partial charge is 0.222 e. The van der Waals surface area contributed by atoms with E-state index in [0.717, 1.165) is 31.6 Å². The number of aryl methyl sites for hydroxylation is 1. The van der Waals surface area contributed by atoms with Gasteiger partial charge in [0, 0.05) is 30.5 Å². The Morgan fingerprint density at radius 2 is 2.50 bits per heavy atom. The average molecular weight is 220 g/mol. The molecule has 86 valence electrons. The van der Waals surface area contributed by atoms with E-state index in [1.54, 1.807) is 6.26 Å². The fraction of sp³-hybridized carbons (Fsp3) is 0.583. The maximum Gasteiger partial charge on any atom is 0.222 e. The number of amides is 1. The molecule has 1 spiro atoms. The van der Waals surface area contributed by atoms with Gasteiger partial charge in [-0.3, -0.25) is 4.79 Å². The second-order valence-corrected chi connectivity index (χ2v) is 4.85. The minimum absolute atomic E-state index is 0.0934. The summed E-state index contributed by atoms with van der Waals surface area (Å²) in [6.45, 7) is 1.53. The number of nitrogens with two attached hydrogens (primary N) is 1. The van der Waals surface area contributed by atoms with Gasteiger partial charge in [0.05, 0.1) is 12.2 Å². The first-order valence-electron chi connectivity index (χ1n) is 5.81. The monoisotopic (exact) mass is 220 g/mol. The van der Waals surface area contributed by atoms with Crippen molar-refractivity contribution in [3.8, 4) is 0 Å². The zero-order valence-corrected chi connectivity index (χ0v) is 9.16. The van der Waals surface area contributed by atoms with Crippen LogP contribution in [0.2, 0.25) is 0 Å². The lowest BCUT2D eigenvalue weighted by atomic mass is 9.66. The largest absolute Gasteiger partial charge is 0.469 e. The molecule has 1 aliphatic heterocycles. The van der Waals surface area contributed by atoms with E-state index in [2.05, 4.69) is 5.32 Å². The van der Waals surface area contributed by atoms with Crippen LogP contribution in [0, 0.1) is 5.92 Å². The van der Waals surface area contributed by atoms with E-state index in [1.807, 2.05) is 6.07 Å². The topological polar surface area (TPSA) is 68.3 Å². The highest BCUT2D eigenvalue weighted by molar-refractivity contribution is 5.79. The minimum Gasteiger partial charge on any atom is -0.469 e. The third kappa shape index (κ3) is 1.16. The van der Waals surface area contributed by atoms with Crippen LogP contribution in [-0.4, -0.2) is 19.0 Å². The van der Waals surface area contributed by atoms with E-state index in [0.29, 0.717) is 6.54 Å². The second-order valence-electron chi connectivity index (χ2n) is 4.85. The van der Waals surface area contributed by atoms with E-state index >= 15 is 0 Å². The normalized spacial score (nSPS) is 32.9. The number of nitrogens with one attached hydrogen (secondary N) is 1. The summed E-state index contributed by atoms with van der Waals surface area (Å²) < 4.78 is 5.49. The van der Waals surface area contributed by atoms with Crippen molar-refractivity contribution < 1.29 is 9.21 Å². The summed E-state index contributed by atoms with van der Waals surface area (Å²) in [6, 6.07) is 2.01. The molecule has 2 unspecified atom stereocenters. The highest BCUT2D eigenvalue weighted by Crippen LogP contribution is 2.45. The molecule has 0 radical (unpaired) electrons. The van der Waals surface area contributed by atoms with Gasteiger partial charge in [-0.1, -0.05) is 0 Å². The quantitative estimate of drug-likeness (QED) is 0.726. The van der Waals surface area contributed by atoms with Crippen molar-refractivity contribution >= 4 is 5.91 Å². The zero-order valence-electron chi connectivity index (χ0n) is 9.16. The van der Waals surface area contributed by atoms with Crippen LogP contribution in [-0.2, 0) is 16.6 Å². The molecule has 1 aliphatic carbocycles. The van der Waals surface area contributed by atoms with E-state index < -0.39 is 0 Å². The molecule has 16 heavy (non-hydrogen) atoms. The van der Waals surface area contributed by atoms with Gasteiger partial charge in [0.25, 0.3) is 0 Å². The number of rotatable bonds is 1. The molecule has 4 nitrogen and oxygen atoms in total. The van der Waals surface area contributed by atoms with Crippen molar-refractivity contribution in [3.05, 3.63) is 23.7 Å². The number of furan rings is 1. The Labute approximate surface area is 94.2 Å². The van der Waals surface area contributed by atoms with E-state index in [9.17, 15) is 4.79 Å². The molecule has 0 saturated carbocycles. The molecule has 3 rings (SSSR count). The number of carbonyl (C=O) groups excluding carboxylic acids is 1. The summed E-state index contributed by atoms with van der Waals surface area (Å²) in [5.74, 6) is 0.754. The summed E-state index contributed by atoms with van der Waals surface area (Å²) in [6.07, 6.45) is 4.82. The maximum absolute atomic E-state index is 11.6. The second kappa shape index (κ2) is 3.35. The first kappa shape index (κ1) is 9.90. The number of primary amides is 1. The molecule has 1 fully saturated rings. The minimum atomic E-state index is -0.195. The van der Waals surface area contributed by atoms with Gasteiger partial charge in [-0.05, 0) is 18.9 Å². The van der Waals surface area contributed by atoms with Crippen LogP contribution in [0.5, 0.6) is 0 Å². The molecule has 0 aromatic carbocycles. The van der Waals surface area contributed by atoms with Crippen LogP contribution in [0.4, 0.5) is 0 Å². The molecule has 1 amide bonds. The van der Waals surface area contributed by atoms with Gasteiger partial charge in [-0.2, -0.15) is 0 Å². The van der Waals surface area contributed by atoms with Gasteiger partial charge in [-0.25, -0.2) is 0 Å². The highest BCUT2D eigenvalue weighted by Gasteiger charge is 2.50.